The van der Waals surface area contributed by atoms with Crippen LogP contribution in [0.3, 0.4) is 0 Å². The molecule has 0 radical (unpaired) electrons. The summed E-state index contributed by atoms with van der Waals surface area (Å²) in [5.41, 5.74) is 3.72. The number of anilines is 1. The molecule has 0 aromatic heterocycles. The normalized spacial score (nSPS) is 15.0. The summed E-state index contributed by atoms with van der Waals surface area (Å²) < 4.78 is 6.54. The minimum atomic E-state index is -0.125. The highest BCUT2D eigenvalue weighted by Gasteiger charge is 2.33. The number of rotatable bonds is 6. The molecule has 3 aromatic carbocycles. The summed E-state index contributed by atoms with van der Waals surface area (Å²) >= 11 is 13.0. The second-order valence-corrected chi connectivity index (χ2v) is 9.04. The number of amides is 1. The smallest absolute Gasteiger partial charge is 0.270 e. The third-order valence-corrected chi connectivity index (χ3v) is 6.61. The molecule has 31 heavy (non-hydrogen) atoms. The monoisotopic (exact) mass is 465 g/mol. The van der Waals surface area contributed by atoms with Gasteiger partial charge >= 0.3 is 0 Å². The highest BCUT2D eigenvalue weighted by atomic mass is 35.5. The summed E-state index contributed by atoms with van der Waals surface area (Å²) in [6.45, 7) is 2.44. The molecule has 1 aliphatic rings. The Hall–Kier alpha value is -2.60. The van der Waals surface area contributed by atoms with Crippen LogP contribution in [0.4, 0.5) is 5.69 Å². The molecule has 156 valence electrons. The van der Waals surface area contributed by atoms with Crippen LogP contribution < -0.4 is 9.64 Å². The molecule has 0 spiro atoms. The summed E-state index contributed by atoms with van der Waals surface area (Å²) in [4.78, 5) is 15.3. The Morgan fingerprint density at radius 3 is 2.48 bits per heavy atom. The molecule has 1 saturated heterocycles. The van der Waals surface area contributed by atoms with Gasteiger partial charge < -0.3 is 4.74 Å². The van der Waals surface area contributed by atoms with Gasteiger partial charge in [0.2, 0.25) is 0 Å². The Labute approximate surface area is 196 Å². The second kappa shape index (κ2) is 9.69. The van der Waals surface area contributed by atoms with E-state index in [9.17, 15) is 4.79 Å². The maximum Gasteiger partial charge on any atom is 0.270 e. The Morgan fingerprint density at radius 1 is 1.03 bits per heavy atom. The molecule has 3 aromatic rings. The lowest BCUT2D eigenvalue weighted by Crippen LogP contribution is -2.27. The van der Waals surface area contributed by atoms with Gasteiger partial charge in [0, 0.05) is 16.1 Å². The van der Waals surface area contributed by atoms with Crippen LogP contribution >= 0.6 is 35.6 Å². The number of carbonyl (C=O) groups is 1. The van der Waals surface area contributed by atoms with Gasteiger partial charge in [0.25, 0.3) is 5.91 Å². The first-order valence-electron chi connectivity index (χ1n) is 9.89. The van der Waals surface area contributed by atoms with Crippen LogP contribution in [0.5, 0.6) is 5.75 Å². The molecule has 0 atom stereocenters. The number of hydrogen-bond acceptors (Lipinski definition) is 4. The van der Waals surface area contributed by atoms with Gasteiger partial charge in [-0.15, -0.1) is 0 Å². The number of nitrogens with zero attached hydrogens (tertiary/aromatic N) is 1. The van der Waals surface area contributed by atoms with Crippen molar-refractivity contribution in [3.8, 4) is 5.75 Å². The molecule has 6 heteroatoms. The first-order chi connectivity index (χ1) is 15.1. The van der Waals surface area contributed by atoms with Gasteiger partial charge in [-0.3, -0.25) is 9.69 Å². The van der Waals surface area contributed by atoms with Crippen molar-refractivity contribution in [1.29, 1.82) is 0 Å². The fourth-order valence-corrected chi connectivity index (χ4v) is 4.69. The summed E-state index contributed by atoms with van der Waals surface area (Å²) in [6, 6.07) is 23.1. The first kappa shape index (κ1) is 21.6. The lowest BCUT2D eigenvalue weighted by atomic mass is 10.1. The Bertz CT molecular complexity index is 1160. The van der Waals surface area contributed by atoms with E-state index in [4.69, 9.17) is 28.6 Å². The predicted molar refractivity (Wildman–Crippen MR) is 134 cm³/mol. The summed E-state index contributed by atoms with van der Waals surface area (Å²) in [5, 5.41) is 0.662. The minimum Gasteiger partial charge on any atom is -0.488 e. The van der Waals surface area contributed by atoms with Crippen molar-refractivity contribution in [2.24, 2.45) is 0 Å². The highest BCUT2D eigenvalue weighted by Crippen LogP contribution is 2.37. The van der Waals surface area contributed by atoms with Gasteiger partial charge in [-0.25, -0.2) is 0 Å². The fourth-order valence-electron chi connectivity index (χ4n) is 3.21. The van der Waals surface area contributed by atoms with E-state index >= 15 is 0 Å². The van der Waals surface area contributed by atoms with E-state index in [1.807, 2.05) is 78.9 Å². The van der Waals surface area contributed by atoms with Gasteiger partial charge in [-0.05, 0) is 42.3 Å². The largest absolute Gasteiger partial charge is 0.488 e. The van der Waals surface area contributed by atoms with Crippen LogP contribution in [0.15, 0.2) is 77.7 Å². The molecular formula is C25H20ClNO2S2. The number of thioether (sulfide) groups is 1. The molecule has 1 fully saturated rings. The SMILES string of the molecule is CCc1ccc(N2C(=O)/C(=C/c3ccccc3OCc3ccccc3Cl)SC2=S)cc1. The number of hydrogen-bond donors (Lipinski definition) is 0. The van der Waals surface area contributed by atoms with Gasteiger partial charge in [0.1, 0.15) is 12.4 Å². The topological polar surface area (TPSA) is 29.5 Å². The zero-order valence-corrected chi connectivity index (χ0v) is 19.3. The van der Waals surface area contributed by atoms with Crippen LogP contribution in [0.1, 0.15) is 23.6 Å². The molecule has 1 aliphatic heterocycles. The van der Waals surface area contributed by atoms with Gasteiger partial charge in [-0.2, -0.15) is 0 Å². The van der Waals surface area contributed by atoms with E-state index in [0.717, 1.165) is 23.2 Å². The van der Waals surface area contributed by atoms with E-state index in [1.54, 1.807) is 4.90 Å². The quantitative estimate of drug-likeness (QED) is 0.293. The van der Waals surface area contributed by atoms with Crippen molar-refractivity contribution in [3.63, 3.8) is 0 Å². The molecule has 4 rings (SSSR count). The number of aryl methyl sites for hydroxylation is 1. The van der Waals surface area contributed by atoms with Gasteiger partial charge in [0.05, 0.1) is 10.6 Å². The fraction of sp³-hybridized carbons (Fsp3) is 0.120. The van der Waals surface area contributed by atoms with Crippen molar-refractivity contribution < 1.29 is 9.53 Å². The van der Waals surface area contributed by atoms with Crippen LogP contribution in [-0.2, 0) is 17.8 Å². The summed E-state index contributed by atoms with van der Waals surface area (Å²) in [5.74, 6) is 0.556. The summed E-state index contributed by atoms with van der Waals surface area (Å²) in [7, 11) is 0. The third-order valence-electron chi connectivity index (χ3n) is 4.94. The molecule has 3 nitrogen and oxygen atoms in total. The molecule has 0 saturated carbocycles. The van der Waals surface area contributed by atoms with E-state index < -0.39 is 0 Å². The van der Waals surface area contributed by atoms with Crippen molar-refractivity contribution in [1.82, 2.24) is 0 Å². The molecule has 1 amide bonds. The minimum absolute atomic E-state index is 0.125. The maximum atomic E-state index is 13.1. The average molecular weight is 466 g/mol. The number of carbonyl (C=O) groups excluding carboxylic acids is 1. The maximum absolute atomic E-state index is 13.1. The van der Waals surface area contributed by atoms with Crippen LogP contribution in [0.25, 0.3) is 6.08 Å². The molecule has 1 heterocycles. The average Bonchev–Trinajstić information content (AvgIpc) is 3.07. The molecule has 0 aliphatic carbocycles. The van der Waals surface area contributed by atoms with Gasteiger partial charge in [-0.1, -0.05) is 91.0 Å². The molecular weight excluding hydrogens is 446 g/mol. The molecule has 0 N–H and O–H groups in total. The standard InChI is InChI=1S/C25H20ClNO2S2/c1-2-17-11-13-20(14-12-17)27-24(28)23(31-25(27)30)15-18-7-4-6-10-22(18)29-16-19-8-3-5-9-21(19)26/h3-15H,2,16H2,1H3/b23-15-. The van der Waals surface area contributed by atoms with E-state index in [2.05, 4.69) is 6.92 Å². The van der Waals surface area contributed by atoms with Crippen molar-refractivity contribution in [2.75, 3.05) is 4.90 Å². The van der Waals surface area contributed by atoms with Crippen molar-refractivity contribution >= 4 is 57.6 Å². The number of ether oxygens (including phenoxy) is 1. The van der Waals surface area contributed by atoms with E-state index in [0.29, 0.717) is 26.6 Å². The highest BCUT2D eigenvalue weighted by molar-refractivity contribution is 8.27. The number of thiocarbonyl (C=S) groups is 1. The van der Waals surface area contributed by atoms with E-state index in [1.165, 1.54) is 17.3 Å². The Balaban J connectivity index is 1.56. The zero-order chi connectivity index (χ0) is 21.8. The van der Waals surface area contributed by atoms with Crippen molar-refractivity contribution in [3.05, 3.63) is 99.4 Å². The molecule has 0 unspecified atom stereocenters. The Kier molecular flexibility index (Phi) is 6.76. The molecule has 0 bridgehead atoms. The van der Waals surface area contributed by atoms with Crippen LogP contribution in [0, 0.1) is 0 Å². The first-order valence-corrected chi connectivity index (χ1v) is 11.5. The number of halogens is 1. The predicted octanol–water partition coefficient (Wildman–Crippen LogP) is 6.89. The lowest BCUT2D eigenvalue weighted by Gasteiger charge is -2.15. The second-order valence-electron chi connectivity index (χ2n) is 6.96. The van der Waals surface area contributed by atoms with Crippen LogP contribution in [0.2, 0.25) is 5.02 Å². The van der Waals surface area contributed by atoms with Crippen LogP contribution in [-0.4, -0.2) is 10.2 Å². The van der Waals surface area contributed by atoms with E-state index in [-0.39, 0.29) is 5.91 Å². The third kappa shape index (κ3) is 4.85. The number of para-hydroxylation sites is 1. The van der Waals surface area contributed by atoms with Gasteiger partial charge in [0.15, 0.2) is 4.32 Å². The lowest BCUT2D eigenvalue weighted by molar-refractivity contribution is -0.113. The Morgan fingerprint density at radius 2 is 1.74 bits per heavy atom. The summed E-state index contributed by atoms with van der Waals surface area (Å²) in [6.07, 6.45) is 2.78. The number of benzene rings is 3. The zero-order valence-electron chi connectivity index (χ0n) is 16.9. The van der Waals surface area contributed by atoms with Crippen molar-refractivity contribution in [2.45, 2.75) is 20.0 Å².